The van der Waals surface area contributed by atoms with Gasteiger partial charge in [0.15, 0.2) is 0 Å². The summed E-state index contributed by atoms with van der Waals surface area (Å²) >= 11 is 0. The summed E-state index contributed by atoms with van der Waals surface area (Å²) in [6.07, 6.45) is 16.4. The van der Waals surface area contributed by atoms with Gasteiger partial charge in [0.1, 0.15) is 0 Å². The molecule has 0 atom stereocenters. The Labute approximate surface area is 117 Å². The number of rotatable bonds is 11. The predicted molar refractivity (Wildman–Crippen MR) is 82.6 cm³/mol. The fourth-order valence-corrected chi connectivity index (χ4v) is 2.46. The highest BCUT2D eigenvalue weighted by Crippen LogP contribution is 2.11. The van der Waals surface area contributed by atoms with Gasteiger partial charge >= 0.3 is 0 Å². The van der Waals surface area contributed by atoms with Gasteiger partial charge in [-0.1, -0.05) is 64.7 Å². The summed E-state index contributed by atoms with van der Waals surface area (Å²) in [7, 11) is 0. The monoisotopic (exact) mass is 263 g/mol. The average molecular weight is 263 g/mol. The third-order valence-corrected chi connectivity index (χ3v) is 3.66. The van der Waals surface area contributed by atoms with E-state index in [2.05, 4.69) is 11.9 Å². The van der Waals surface area contributed by atoms with Crippen molar-refractivity contribution < 1.29 is 0 Å². The number of aryl methyl sites for hydroxylation is 1. The van der Waals surface area contributed by atoms with Gasteiger partial charge in [-0.15, -0.1) is 0 Å². The predicted octanol–water partition coefficient (Wildman–Crippen LogP) is 4.84. The quantitative estimate of drug-likeness (QED) is 0.569. The molecule has 0 bridgehead atoms. The first-order valence-electron chi connectivity index (χ1n) is 8.00. The molecule has 0 saturated carbocycles. The van der Waals surface area contributed by atoms with Gasteiger partial charge < -0.3 is 4.98 Å². The molecule has 0 spiro atoms. The molecule has 2 heteroatoms. The van der Waals surface area contributed by atoms with E-state index in [0.717, 1.165) is 6.42 Å². The molecule has 19 heavy (non-hydrogen) atoms. The van der Waals surface area contributed by atoms with Crippen LogP contribution in [0.5, 0.6) is 0 Å². The Bertz CT molecular complexity index is 370. The van der Waals surface area contributed by atoms with Gasteiger partial charge in [-0.05, 0) is 24.5 Å². The maximum atomic E-state index is 11.1. The first-order chi connectivity index (χ1) is 9.33. The Morgan fingerprint density at radius 2 is 1.47 bits per heavy atom. The van der Waals surface area contributed by atoms with E-state index < -0.39 is 0 Å². The zero-order chi connectivity index (χ0) is 13.8. The van der Waals surface area contributed by atoms with E-state index in [1.165, 1.54) is 69.8 Å². The van der Waals surface area contributed by atoms with Crippen molar-refractivity contribution >= 4 is 0 Å². The summed E-state index contributed by atoms with van der Waals surface area (Å²) in [4.78, 5) is 13.8. The van der Waals surface area contributed by atoms with Crippen LogP contribution in [0, 0.1) is 0 Å². The number of aromatic nitrogens is 1. The smallest absolute Gasteiger partial charge is 0.248 e. The van der Waals surface area contributed by atoms with Gasteiger partial charge in [-0.25, -0.2) is 0 Å². The van der Waals surface area contributed by atoms with Crippen molar-refractivity contribution in [3.05, 3.63) is 34.2 Å². The Balaban J connectivity index is 1.90. The lowest BCUT2D eigenvalue weighted by atomic mass is 10.0. The van der Waals surface area contributed by atoms with E-state index in [0.29, 0.717) is 0 Å². The molecule has 1 heterocycles. The molecule has 0 amide bonds. The van der Waals surface area contributed by atoms with Crippen LogP contribution in [0.3, 0.4) is 0 Å². The molecule has 1 aromatic heterocycles. The Kier molecular flexibility index (Phi) is 9.13. The van der Waals surface area contributed by atoms with E-state index >= 15 is 0 Å². The summed E-state index contributed by atoms with van der Waals surface area (Å²) in [5.41, 5.74) is 1.19. The lowest BCUT2D eigenvalue weighted by molar-refractivity contribution is 0.556. The fourth-order valence-electron chi connectivity index (χ4n) is 2.46. The van der Waals surface area contributed by atoms with Gasteiger partial charge in [0.05, 0.1) is 0 Å². The third-order valence-electron chi connectivity index (χ3n) is 3.66. The van der Waals surface area contributed by atoms with Crippen molar-refractivity contribution in [3.8, 4) is 0 Å². The maximum absolute atomic E-state index is 11.1. The first-order valence-corrected chi connectivity index (χ1v) is 8.00. The Hall–Kier alpha value is -1.05. The molecule has 0 radical (unpaired) electrons. The van der Waals surface area contributed by atoms with Crippen LogP contribution in [0.4, 0.5) is 0 Å². The summed E-state index contributed by atoms with van der Waals surface area (Å²) in [6.45, 7) is 2.26. The molecule has 2 nitrogen and oxygen atoms in total. The number of hydrogen-bond acceptors (Lipinski definition) is 1. The minimum absolute atomic E-state index is 0.0181. The van der Waals surface area contributed by atoms with Crippen LogP contribution >= 0.6 is 0 Å². The van der Waals surface area contributed by atoms with Crippen molar-refractivity contribution in [3.63, 3.8) is 0 Å². The van der Waals surface area contributed by atoms with Crippen molar-refractivity contribution in [1.29, 1.82) is 0 Å². The third kappa shape index (κ3) is 8.63. The molecule has 0 unspecified atom stereocenters. The lowest BCUT2D eigenvalue weighted by Crippen LogP contribution is -2.03. The van der Waals surface area contributed by atoms with Crippen LogP contribution in [0.15, 0.2) is 23.1 Å². The second-order valence-corrected chi connectivity index (χ2v) is 5.49. The van der Waals surface area contributed by atoms with Gasteiger partial charge in [0.2, 0.25) is 5.56 Å². The van der Waals surface area contributed by atoms with Crippen LogP contribution < -0.4 is 5.56 Å². The summed E-state index contributed by atoms with van der Waals surface area (Å²) in [6, 6.07) is 3.73. The Morgan fingerprint density at radius 3 is 2.05 bits per heavy atom. The van der Waals surface area contributed by atoms with Crippen LogP contribution in [-0.4, -0.2) is 4.98 Å². The standard InChI is InChI=1S/C17H29NO/c1-2-3-4-5-6-7-8-9-10-11-12-16-13-14-18-17(19)15-16/h13-15H,2-12H2,1H3,(H,18,19). The van der Waals surface area contributed by atoms with E-state index in [1.54, 1.807) is 12.3 Å². The van der Waals surface area contributed by atoms with Gasteiger partial charge in [-0.3, -0.25) is 4.79 Å². The van der Waals surface area contributed by atoms with Gasteiger partial charge in [-0.2, -0.15) is 0 Å². The largest absolute Gasteiger partial charge is 0.329 e. The second kappa shape index (κ2) is 10.8. The minimum Gasteiger partial charge on any atom is -0.329 e. The first kappa shape index (κ1) is 16.0. The highest BCUT2D eigenvalue weighted by atomic mass is 16.1. The van der Waals surface area contributed by atoms with Crippen molar-refractivity contribution in [1.82, 2.24) is 4.98 Å². The number of unbranched alkanes of at least 4 members (excludes halogenated alkanes) is 9. The van der Waals surface area contributed by atoms with Crippen molar-refractivity contribution in [2.75, 3.05) is 0 Å². The van der Waals surface area contributed by atoms with E-state index in [4.69, 9.17) is 0 Å². The molecule has 0 fully saturated rings. The van der Waals surface area contributed by atoms with Crippen LogP contribution in [-0.2, 0) is 6.42 Å². The lowest BCUT2D eigenvalue weighted by Gasteiger charge is -2.02. The average Bonchev–Trinajstić information content (AvgIpc) is 2.41. The molecular weight excluding hydrogens is 234 g/mol. The normalized spacial score (nSPS) is 10.8. The summed E-state index contributed by atoms with van der Waals surface area (Å²) in [5.74, 6) is 0. The molecule has 0 saturated heterocycles. The zero-order valence-electron chi connectivity index (χ0n) is 12.4. The molecule has 0 aliphatic carbocycles. The van der Waals surface area contributed by atoms with E-state index in [1.807, 2.05) is 6.07 Å². The molecule has 0 aliphatic heterocycles. The zero-order valence-corrected chi connectivity index (χ0v) is 12.4. The number of hydrogen-bond donors (Lipinski definition) is 1. The van der Waals surface area contributed by atoms with Crippen LogP contribution in [0.2, 0.25) is 0 Å². The molecule has 0 aliphatic rings. The van der Waals surface area contributed by atoms with Crippen LogP contribution in [0.1, 0.15) is 76.7 Å². The number of H-pyrrole nitrogens is 1. The molecule has 1 N–H and O–H groups in total. The number of nitrogens with one attached hydrogen (secondary N) is 1. The van der Waals surface area contributed by atoms with Gasteiger partial charge in [0, 0.05) is 12.3 Å². The second-order valence-electron chi connectivity index (χ2n) is 5.49. The SMILES string of the molecule is CCCCCCCCCCCCc1cc[nH]c(=O)c1. The van der Waals surface area contributed by atoms with Gasteiger partial charge in [0.25, 0.3) is 0 Å². The highest BCUT2D eigenvalue weighted by molar-refractivity contribution is 5.09. The molecule has 0 aromatic carbocycles. The summed E-state index contributed by atoms with van der Waals surface area (Å²) < 4.78 is 0. The topological polar surface area (TPSA) is 32.9 Å². The summed E-state index contributed by atoms with van der Waals surface area (Å²) in [5, 5.41) is 0. The van der Waals surface area contributed by atoms with E-state index in [9.17, 15) is 4.79 Å². The minimum atomic E-state index is 0.0181. The number of pyridine rings is 1. The molecular formula is C17H29NO. The highest BCUT2D eigenvalue weighted by Gasteiger charge is 1.95. The number of aromatic amines is 1. The van der Waals surface area contributed by atoms with E-state index in [-0.39, 0.29) is 5.56 Å². The fraction of sp³-hybridized carbons (Fsp3) is 0.706. The molecule has 1 aromatic rings. The molecule has 1 rings (SSSR count). The van der Waals surface area contributed by atoms with Crippen molar-refractivity contribution in [2.45, 2.75) is 77.6 Å². The Morgan fingerprint density at radius 1 is 0.895 bits per heavy atom. The van der Waals surface area contributed by atoms with Crippen molar-refractivity contribution in [2.24, 2.45) is 0 Å². The maximum Gasteiger partial charge on any atom is 0.248 e. The molecule has 108 valence electrons. The van der Waals surface area contributed by atoms with Crippen LogP contribution in [0.25, 0.3) is 0 Å².